The highest BCUT2D eigenvalue weighted by Crippen LogP contribution is 2.14. The Bertz CT molecular complexity index is 421. The van der Waals surface area contributed by atoms with Gasteiger partial charge in [0.25, 0.3) is 0 Å². The predicted molar refractivity (Wildman–Crippen MR) is 77.2 cm³/mol. The van der Waals surface area contributed by atoms with E-state index in [1.54, 1.807) is 11.3 Å². The van der Waals surface area contributed by atoms with Crippen molar-refractivity contribution in [3.05, 3.63) is 16.1 Å². The summed E-state index contributed by atoms with van der Waals surface area (Å²) in [6.45, 7) is 8.05. The second kappa shape index (κ2) is 6.98. The van der Waals surface area contributed by atoms with E-state index in [1.807, 2.05) is 6.92 Å². The van der Waals surface area contributed by atoms with Crippen molar-refractivity contribution in [1.29, 1.82) is 0 Å². The summed E-state index contributed by atoms with van der Waals surface area (Å²) in [6, 6.07) is -0.0829. The lowest BCUT2D eigenvalue weighted by Gasteiger charge is -2.34. The molecule has 1 aliphatic heterocycles. The van der Waals surface area contributed by atoms with E-state index in [1.165, 1.54) is 5.01 Å². The Morgan fingerprint density at radius 3 is 3.16 bits per heavy atom. The summed E-state index contributed by atoms with van der Waals surface area (Å²) < 4.78 is 0. The van der Waals surface area contributed by atoms with Gasteiger partial charge in [0.1, 0.15) is 6.04 Å². The van der Waals surface area contributed by atoms with Crippen LogP contribution in [0.5, 0.6) is 0 Å². The molecule has 1 saturated heterocycles. The minimum absolute atomic E-state index is 0.0829. The van der Waals surface area contributed by atoms with Crippen LogP contribution in [0.4, 0.5) is 0 Å². The van der Waals surface area contributed by atoms with Gasteiger partial charge in [-0.25, -0.2) is 4.98 Å². The molecule has 1 atom stereocenters. The van der Waals surface area contributed by atoms with Gasteiger partial charge in [-0.3, -0.25) is 9.69 Å². The van der Waals surface area contributed by atoms with Crippen LogP contribution in [0.25, 0.3) is 0 Å². The van der Waals surface area contributed by atoms with Crippen molar-refractivity contribution in [2.24, 2.45) is 0 Å². The Hall–Kier alpha value is -0.980. The number of aryl methyl sites for hydroxylation is 1. The summed E-state index contributed by atoms with van der Waals surface area (Å²) in [5.41, 5.74) is 1.08. The van der Waals surface area contributed by atoms with Crippen LogP contribution in [0.2, 0.25) is 0 Å². The quantitative estimate of drug-likeness (QED) is 0.831. The van der Waals surface area contributed by atoms with Gasteiger partial charge in [0.15, 0.2) is 0 Å². The molecule has 106 valence electrons. The van der Waals surface area contributed by atoms with E-state index < -0.39 is 0 Å². The topological polar surface area (TPSA) is 57.3 Å². The fraction of sp³-hybridized carbons (Fsp3) is 0.692. The first-order valence-corrected chi connectivity index (χ1v) is 7.78. The van der Waals surface area contributed by atoms with Gasteiger partial charge < -0.3 is 10.6 Å². The van der Waals surface area contributed by atoms with Gasteiger partial charge in [0, 0.05) is 38.1 Å². The van der Waals surface area contributed by atoms with E-state index in [0.717, 1.165) is 38.3 Å². The molecule has 2 heterocycles. The van der Waals surface area contributed by atoms with Crippen molar-refractivity contribution in [1.82, 2.24) is 20.5 Å². The van der Waals surface area contributed by atoms with E-state index in [9.17, 15) is 4.79 Å². The zero-order chi connectivity index (χ0) is 13.7. The standard InChI is InChI=1S/C13H22N4OS/c1-3-12-16-10(9-19-12)8-17-6-5-14-7-11(17)13(18)15-4-2/h9,11,14H,3-8H2,1-2H3,(H,15,18). The number of rotatable bonds is 5. The number of carbonyl (C=O) groups is 1. The molecule has 5 nitrogen and oxygen atoms in total. The van der Waals surface area contributed by atoms with E-state index in [2.05, 4.69) is 32.8 Å². The molecule has 19 heavy (non-hydrogen) atoms. The van der Waals surface area contributed by atoms with Crippen LogP contribution in [0, 0.1) is 0 Å². The van der Waals surface area contributed by atoms with Gasteiger partial charge in [-0.15, -0.1) is 11.3 Å². The second-order valence-electron chi connectivity index (χ2n) is 4.67. The second-order valence-corrected chi connectivity index (χ2v) is 5.61. The molecule has 1 amide bonds. The van der Waals surface area contributed by atoms with Gasteiger partial charge in [-0.1, -0.05) is 6.92 Å². The molecule has 2 rings (SSSR count). The van der Waals surface area contributed by atoms with Crippen LogP contribution in [-0.4, -0.2) is 48.0 Å². The van der Waals surface area contributed by atoms with E-state index in [0.29, 0.717) is 6.54 Å². The number of piperazine rings is 1. The van der Waals surface area contributed by atoms with Crippen LogP contribution < -0.4 is 10.6 Å². The summed E-state index contributed by atoms with van der Waals surface area (Å²) in [7, 11) is 0. The van der Waals surface area contributed by atoms with Crippen molar-refractivity contribution in [3.63, 3.8) is 0 Å². The number of aromatic nitrogens is 1. The third kappa shape index (κ3) is 3.75. The van der Waals surface area contributed by atoms with Crippen LogP contribution in [0.3, 0.4) is 0 Å². The molecule has 0 spiro atoms. The Balaban J connectivity index is 2.00. The molecule has 1 aromatic rings. The molecule has 2 N–H and O–H groups in total. The minimum atomic E-state index is -0.0829. The number of hydrogen-bond donors (Lipinski definition) is 2. The van der Waals surface area contributed by atoms with Crippen molar-refractivity contribution >= 4 is 17.2 Å². The molecule has 0 radical (unpaired) electrons. The maximum absolute atomic E-state index is 12.0. The zero-order valence-electron chi connectivity index (χ0n) is 11.6. The summed E-state index contributed by atoms with van der Waals surface area (Å²) in [5, 5.41) is 9.47. The molecule has 6 heteroatoms. The molecule has 0 aliphatic carbocycles. The summed E-state index contributed by atoms with van der Waals surface area (Å²) in [6.07, 6.45) is 0.978. The van der Waals surface area contributed by atoms with Crippen molar-refractivity contribution in [2.75, 3.05) is 26.2 Å². The number of likely N-dealkylation sites (N-methyl/N-ethyl adjacent to an activating group) is 1. The fourth-order valence-electron chi connectivity index (χ4n) is 2.28. The highest BCUT2D eigenvalue weighted by atomic mass is 32.1. The summed E-state index contributed by atoms with van der Waals surface area (Å²) >= 11 is 1.70. The van der Waals surface area contributed by atoms with E-state index >= 15 is 0 Å². The minimum Gasteiger partial charge on any atom is -0.355 e. The molecule has 1 fully saturated rings. The third-order valence-corrected chi connectivity index (χ3v) is 4.32. The largest absolute Gasteiger partial charge is 0.355 e. The molecule has 0 bridgehead atoms. The molecule has 1 aliphatic rings. The lowest BCUT2D eigenvalue weighted by atomic mass is 10.1. The lowest BCUT2D eigenvalue weighted by Crippen LogP contribution is -2.57. The maximum Gasteiger partial charge on any atom is 0.238 e. The van der Waals surface area contributed by atoms with Crippen LogP contribution in [-0.2, 0) is 17.8 Å². The normalized spacial score (nSPS) is 20.4. The van der Waals surface area contributed by atoms with Gasteiger partial charge in [-0.2, -0.15) is 0 Å². The summed E-state index contributed by atoms with van der Waals surface area (Å²) in [4.78, 5) is 18.9. The number of nitrogens with zero attached hydrogens (tertiary/aromatic N) is 2. The maximum atomic E-state index is 12.0. The van der Waals surface area contributed by atoms with Crippen molar-refractivity contribution in [2.45, 2.75) is 32.9 Å². The average Bonchev–Trinajstić information content (AvgIpc) is 2.87. The lowest BCUT2D eigenvalue weighted by molar-refractivity contribution is -0.127. The van der Waals surface area contributed by atoms with Crippen LogP contribution >= 0.6 is 11.3 Å². The first-order valence-electron chi connectivity index (χ1n) is 6.90. The Morgan fingerprint density at radius 1 is 1.63 bits per heavy atom. The van der Waals surface area contributed by atoms with Gasteiger partial charge >= 0.3 is 0 Å². The number of hydrogen-bond acceptors (Lipinski definition) is 5. The van der Waals surface area contributed by atoms with Gasteiger partial charge in [0.05, 0.1) is 10.7 Å². The third-order valence-electron chi connectivity index (χ3n) is 3.27. The van der Waals surface area contributed by atoms with E-state index in [-0.39, 0.29) is 11.9 Å². The van der Waals surface area contributed by atoms with Crippen molar-refractivity contribution < 1.29 is 4.79 Å². The zero-order valence-corrected chi connectivity index (χ0v) is 12.4. The predicted octanol–water partition coefficient (Wildman–Crippen LogP) is 0.615. The number of amides is 1. The number of carbonyl (C=O) groups excluding carboxylic acids is 1. The first kappa shape index (κ1) is 14.4. The molecule has 1 unspecified atom stereocenters. The Kier molecular flexibility index (Phi) is 5.30. The summed E-state index contributed by atoms with van der Waals surface area (Å²) in [5.74, 6) is 0.112. The highest BCUT2D eigenvalue weighted by Gasteiger charge is 2.28. The number of nitrogens with one attached hydrogen (secondary N) is 2. The Labute approximate surface area is 118 Å². The molecule has 0 aromatic carbocycles. The molecule has 0 saturated carbocycles. The Morgan fingerprint density at radius 2 is 2.47 bits per heavy atom. The van der Waals surface area contributed by atoms with E-state index in [4.69, 9.17) is 0 Å². The average molecular weight is 282 g/mol. The van der Waals surface area contributed by atoms with Crippen molar-refractivity contribution in [3.8, 4) is 0 Å². The first-order chi connectivity index (χ1) is 9.24. The molecular formula is C13H22N4OS. The van der Waals surface area contributed by atoms with Gasteiger partial charge in [0.2, 0.25) is 5.91 Å². The molecule has 1 aromatic heterocycles. The fourth-order valence-corrected chi connectivity index (χ4v) is 3.01. The number of thiazole rings is 1. The highest BCUT2D eigenvalue weighted by molar-refractivity contribution is 7.09. The van der Waals surface area contributed by atoms with Crippen LogP contribution in [0.1, 0.15) is 24.5 Å². The SMILES string of the molecule is CCNC(=O)C1CNCCN1Cc1csc(CC)n1. The van der Waals surface area contributed by atoms with Crippen LogP contribution in [0.15, 0.2) is 5.38 Å². The van der Waals surface area contributed by atoms with Gasteiger partial charge in [-0.05, 0) is 13.3 Å². The monoisotopic (exact) mass is 282 g/mol. The molecular weight excluding hydrogens is 260 g/mol. The smallest absolute Gasteiger partial charge is 0.238 e.